The molecule has 0 atom stereocenters. The van der Waals surface area contributed by atoms with Crippen molar-refractivity contribution in [2.24, 2.45) is 0 Å². The van der Waals surface area contributed by atoms with E-state index in [0.29, 0.717) is 29.8 Å². The number of aliphatic hydroxyl groups excluding tert-OH is 4. The van der Waals surface area contributed by atoms with Crippen molar-refractivity contribution >= 4 is 79.1 Å². The summed E-state index contributed by atoms with van der Waals surface area (Å²) in [5, 5.41) is 67.6. The maximum absolute atomic E-state index is 12.1. The molecule has 0 amide bonds. The van der Waals surface area contributed by atoms with Gasteiger partial charge in [-0.15, -0.1) is 0 Å². The molecule has 2 aromatic heterocycles. The van der Waals surface area contributed by atoms with Crippen LogP contribution >= 0.6 is 0 Å². The zero-order valence-electron chi connectivity index (χ0n) is 39.7. The van der Waals surface area contributed by atoms with Gasteiger partial charge in [0.05, 0.1) is 49.1 Å². The van der Waals surface area contributed by atoms with E-state index in [1.165, 1.54) is 24.3 Å². The summed E-state index contributed by atoms with van der Waals surface area (Å²) in [5.74, 6) is -1.14. The zero-order valence-corrected chi connectivity index (χ0v) is 41.4. The Hall–Kier alpha value is -6.14. The molecular weight excluding hydrogens is 957 g/mol. The molecule has 0 saturated heterocycles. The van der Waals surface area contributed by atoms with Gasteiger partial charge in [-0.05, 0) is 68.1 Å². The van der Waals surface area contributed by atoms with E-state index in [9.17, 15) is 41.7 Å². The Morgan fingerprint density at radius 3 is 1.37 bits per heavy atom. The Labute approximate surface area is 407 Å². The van der Waals surface area contributed by atoms with Gasteiger partial charge in [-0.3, -0.25) is 0 Å². The normalized spacial score (nSPS) is 11.3. The minimum absolute atomic E-state index is 0.0350. The Kier molecular flexibility index (Phi) is 24.8. The molecule has 70 heavy (non-hydrogen) atoms. The Balaban J connectivity index is 0.000000370. The lowest BCUT2D eigenvalue weighted by Gasteiger charge is -2.23. The molecule has 0 fully saturated rings. The number of unbranched alkanes of at least 4 members (excludes halogenated alkanes) is 2. The molecule has 0 aliphatic carbocycles. The predicted octanol–water partition coefficient (Wildman–Crippen LogP) is 1.09. The maximum atomic E-state index is 12.1. The van der Waals surface area contributed by atoms with Gasteiger partial charge in [-0.25, -0.2) is 35.9 Å². The number of aromatic nitrogens is 6. The SMILES string of the molecule is CCCCS(=O)(=O)NCCN(CCO)c1nc(NCCO)nc(Nc2cc(C(=O)O)ccc2C)n1.CCCCS(=O)(=O)NCCN(CCO)c1nc(NCCO)nc(Nc2ccc(C(=O)O)cc2C)n1. The van der Waals surface area contributed by atoms with Crippen molar-refractivity contribution in [1.29, 1.82) is 0 Å². The molecule has 2 heterocycles. The van der Waals surface area contributed by atoms with E-state index in [-0.39, 0.29) is 137 Å². The molecule has 0 spiro atoms. The molecule has 28 heteroatoms. The second kappa shape index (κ2) is 29.8. The van der Waals surface area contributed by atoms with Crippen LogP contribution in [0.5, 0.6) is 0 Å². The highest BCUT2D eigenvalue weighted by Crippen LogP contribution is 2.24. The van der Waals surface area contributed by atoms with Crippen LogP contribution in [0.3, 0.4) is 0 Å². The summed E-state index contributed by atoms with van der Waals surface area (Å²) in [5.41, 5.74) is 2.71. The van der Waals surface area contributed by atoms with Gasteiger partial charge < -0.3 is 61.7 Å². The third-order valence-corrected chi connectivity index (χ3v) is 12.7. The van der Waals surface area contributed by atoms with E-state index in [1.807, 2.05) is 13.8 Å². The minimum Gasteiger partial charge on any atom is -0.478 e. The molecule has 4 aromatic rings. The van der Waals surface area contributed by atoms with E-state index >= 15 is 0 Å². The van der Waals surface area contributed by atoms with Gasteiger partial charge in [0.25, 0.3) is 0 Å². The molecule has 0 bridgehead atoms. The Morgan fingerprint density at radius 2 is 0.957 bits per heavy atom. The van der Waals surface area contributed by atoms with Gasteiger partial charge in [0.1, 0.15) is 0 Å². The number of carboxylic acid groups (broad SMARTS) is 2. The number of hydrogen-bond donors (Lipinski definition) is 12. The number of aliphatic hydroxyl groups is 4. The summed E-state index contributed by atoms with van der Waals surface area (Å²) in [6.45, 7) is 7.79. The number of nitrogens with zero attached hydrogens (tertiary/aromatic N) is 8. The van der Waals surface area contributed by atoms with Crippen molar-refractivity contribution in [2.45, 2.75) is 53.4 Å². The largest absolute Gasteiger partial charge is 0.478 e. The number of sulfonamides is 2. The maximum Gasteiger partial charge on any atom is 0.335 e. The van der Waals surface area contributed by atoms with Crippen molar-refractivity contribution in [3.63, 3.8) is 0 Å². The van der Waals surface area contributed by atoms with Gasteiger partial charge in [-0.1, -0.05) is 32.8 Å². The first-order valence-electron chi connectivity index (χ1n) is 22.5. The highest BCUT2D eigenvalue weighted by molar-refractivity contribution is 7.89. The van der Waals surface area contributed by atoms with Crippen molar-refractivity contribution in [1.82, 2.24) is 39.3 Å². The van der Waals surface area contributed by atoms with Crippen LogP contribution in [0.2, 0.25) is 0 Å². The molecule has 12 N–H and O–H groups in total. The van der Waals surface area contributed by atoms with E-state index in [1.54, 1.807) is 35.8 Å². The van der Waals surface area contributed by atoms with Gasteiger partial charge >= 0.3 is 11.9 Å². The number of aromatic carboxylic acids is 2. The lowest BCUT2D eigenvalue weighted by molar-refractivity contribution is 0.0686. The third-order valence-electron chi connectivity index (χ3n) is 9.73. The van der Waals surface area contributed by atoms with Crippen molar-refractivity contribution in [3.8, 4) is 0 Å². The summed E-state index contributed by atoms with van der Waals surface area (Å²) in [7, 11) is -6.82. The topological polar surface area (TPSA) is 380 Å². The fraction of sp³-hybridized carbons (Fsp3) is 0.524. The van der Waals surface area contributed by atoms with Crippen LogP contribution < -0.4 is 40.5 Å². The van der Waals surface area contributed by atoms with Gasteiger partial charge in [-0.2, -0.15) is 29.9 Å². The molecule has 0 saturated carbocycles. The Bertz CT molecular complexity index is 2510. The number of anilines is 8. The number of carbonyl (C=O) groups is 2. The van der Waals surface area contributed by atoms with Crippen LogP contribution in [0.1, 0.15) is 71.4 Å². The predicted molar refractivity (Wildman–Crippen MR) is 266 cm³/mol. The van der Waals surface area contributed by atoms with Crippen LogP contribution in [0.25, 0.3) is 0 Å². The first-order valence-corrected chi connectivity index (χ1v) is 25.8. The van der Waals surface area contributed by atoms with Crippen molar-refractivity contribution in [2.75, 3.05) is 121 Å². The fourth-order valence-electron chi connectivity index (χ4n) is 6.04. The van der Waals surface area contributed by atoms with Gasteiger partial charge in [0, 0.05) is 63.7 Å². The first-order chi connectivity index (χ1) is 33.4. The highest BCUT2D eigenvalue weighted by Gasteiger charge is 2.19. The van der Waals surface area contributed by atoms with Gasteiger partial charge in [0.2, 0.25) is 55.7 Å². The van der Waals surface area contributed by atoms with Crippen LogP contribution in [0, 0.1) is 13.8 Å². The minimum atomic E-state index is -3.41. The number of benzene rings is 2. The summed E-state index contributed by atoms with van der Waals surface area (Å²) >= 11 is 0. The standard InChI is InChI=1S/2C21H33N7O6S/c1-3-4-13-35(33,34)23-7-9-28(10-12-30)21-26-19(22-8-11-29)25-20(27-21)24-17-6-5-16(18(31)32)14-15(17)2;1-3-4-13-35(33,34)23-7-9-28(10-12-30)21-26-19(22-8-11-29)25-20(27-21)24-17-14-16(18(31)32)6-5-15(17)2/h2*5-6,14,23,29-30H,3-4,7-13H2,1-2H3,(H,31,32)(H2,22,24,25,26,27). The molecular formula is C42H66N14O12S2. The molecule has 4 rings (SSSR count). The lowest BCUT2D eigenvalue weighted by atomic mass is 10.1. The summed E-state index contributed by atoms with van der Waals surface area (Å²) in [6.07, 6.45) is 2.64. The first kappa shape index (κ1) is 58.2. The van der Waals surface area contributed by atoms with Crippen LogP contribution in [-0.2, 0) is 20.0 Å². The molecule has 0 unspecified atom stereocenters. The van der Waals surface area contributed by atoms with Gasteiger partial charge in [0.15, 0.2) is 0 Å². The number of aryl methyl sites for hydroxylation is 2. The van der Waals surface area contributed by atoms with E-state index < -0.39 is 32.0 Å². The van der Waals surface area contributed by atoms with Crippen LogP contribution in [0.4, 0.5) is 47.1 Å². The molecule has 0 radical (unpaired) electrons. The van der Waals surface area contributed by atoms with E-state index in [4.69, 9.17) is 15.3 Å². The average Bonchev–Trinajstić information content (AvgIpc) is 3.32. The quantitative estimate of drug-likeness (QED) is 0.0326. The summed E-state index contributed by atoms with van der Waals surface area (Å²) < 4.78 is 53.5. The molecule has 26 nitrogen and oxygen atoms in total. The van der Waals surface area contributed by atoms with Crippen molar-refractivity contribution in [3.05, 3.63) is 58.7 Å². The smallest absolute Gasteiger partial charge is 0.335 e. The number of hydrogen-bond acceptors (Lipinski definition) is 22. The molecule has 2 aromatic carbocycles. The van der Waals surface area contributed by atoms with Crippen LogP contribution in [0.15, 0.2) is 36.4 Å². The summed E-state index contributed by atoms with van der Waals surface area (Å²) in [6, 6.07) is 9.16. The second-order valence-electron chi connectivity index (χ2n) is 15.3. The number of carboxylic acids is 2. The van der Waals surface area contributed by atoms with Crippen LogP contribution in [-0.4, -0.2) is 180 Å². The third kappa shape index (κ3) is 20.4. The van der Waals surface area contributed by atoms with Crippen molar-refractivity contribution < 1.29 is 57.1 Å². The Morgan fingerprint density at radius 1 is 0.529 bits per heavy atom. The molecule has 0 aliphatic heterocycles. The zero-order chi connectivity index (χ0) is 51.7. The molecule has 0 aliphatic rings. The second-order valence-corrected chi connectivity index (χ2v) is 19.2. The monoisotopic (exact) mass is 1020 g/mol. The van der Waals surface area contributed by atoms with E-state index in [0.717, 1.165) is 18.4 Å². The highest BCUT2D eigenvalue weighted by atomic mass is 32.2. The van der Waals surface area contributed by atoms with E-state index in [2.05, 4.69) is 60.6 Å². The number of rotatable bonds is 32. The molecule has 388 valence electrons. The average molecular weight is 1020 g/mol. The fourth-order valence-corrected chi connectivity index (χ4v) is 8.47. The summed E-state index contributed by atoms with van der Waals surface area (Å²) in [4.78, 5) is 51.8. The number of nitrogens with one attached hydrogen (secondary N) is 6. The lowest BCUT2D eigenvalue weighted by Crippen LogP contribution is -2.38.